The summed E-state index contributed by atoms with van der Waals surface area (Å²) in [6.07, 6.45) is 3.93. The number of ketones is 2. The van der Waals surface area contributed by atoms with Crippen molar-refractivity contribution in [3.05, 3.63) is 95.6 Å². The van der Waals surface area contributed by atoms with Crippen LogP contribution >= 0.6 is 11.8 Å². The van der Waals surface area contributed by atoms with Crippen LogP contribution in [0.25, 0.3) is 0 Å². The van der Waals surface area contributed by atoms with Crippen molar-refractivity contribution in [2.75, 3.05) is 77.9 Å². The summed E-state index contributed by atoms with van der Waals surface area (Å²) in [6.45, 7) is 7.77. The standard InChI is InChI=1S/C38H49N3O4S/c1-37(41-22-26-45-27-23-41,36(43)32-12-16-34(46-4)17-13-32)19-18-35(42)38(39(2)3,28-30-8-6-5-7-9-30)29-31-10-14-33(15-11-31)40-20-24-44-25-21-40/h5-17H,18-29H2,1-4H3. The fraction of sp³-hybridized carbons (Fsp3) is 0.474. The Morgan fingerprint density at radius 1 is 0.783 bits per heavy atom. The van der Waals surface area contributed by atoms with Crippen LogP contribution in [0, 0.1) is 0 Å². The smallest absolute Gasteiger partial charge is 0.182 e. The summed E-state index contributed by atoms with van der Waals surface area (Å²) >= 11 is 1.66. The van der Waals surface area contributed by atoms with Gasteiger partial charge in [0.2, 0.25) is 0 Å². The lowest BCUT2D eigenvalue weighted by Gasteiger charge is -2.44. The molecule has 2 aliphatic rings. The van der Waals surface area contributed by atoms with Crippen molar-refractivity contribution in [2.45, 2.75) is 48.6 Å². The molecular formula is C38H49N3O4S. The number of carbonyl (C=O) groups is 2. The van der Waals surface area contributed by atoms with E-state index in [0.717, 1.165) is 42.3 Å². The number of hydrogen-bond donors (Lipinski definition) is 0. The van der Waals surface area contributed by atoms with E-state index in [0.29, 0.717) is 57.6 Å². The van der Waals surface area contributed by atoms with Gasteiger partial charge in [-0.1, -0.05) is 54.6 Å². The van der Waals surface area contributed by atoms with Crippen LogP contribution in [-0.2, 0) is 27.1 Å². The van der Waals surface area contributed by atoms with Crippen LogP contribution in [0.1, 0.15) is 41.3 Å². The van der Waals surface area contributed by atoms with E-state index in [9.17, 15) is 9.59 Å². The van der Waals surface area contributed by atoms with Gasteiger partial charge in [-0.2, -0.15) is 0 Å². The second kappa shape index (κ2) is 15.7. The van der Waals surface area contributed by atoms with Crippen LogP contribution in [-0.4, -0.2) is 105 Å². The highest BCUT2D eigenvalue weighted by Gasteiger charge is 2.45. The van der Waals surface area contributed by atoms with E-state index in [1.165, 1.54) is 5.69 Å². The molecule has 2 fully saturated rings. The largest absolute Gasteiger partial charge is 0.379 e. The third-order valence-electron chi connectivity index (χ3n) is 9.91. The van der Waals surface area contributed by atoms with E-state index in [4.69, 9.17) is 9.47 Å². The minimum Gasteiger partial charge on any atom is -0.379 e. The quantitative estimate of drug-likeness (QED) is 0.165. The van der Waals surface area contributed by atoms with Crippen molar-refractivity contribution < 1.29 is 19.1 Å². The topological polar surface area (TPSA) is 62.3 Å². The Balaban J connectivity index is 1.43. The molecule has 3 aromatic carbocycles. The Morgan fingerprint density at radius 3 is 1.91 bits per heavy atom. The number of carbonyl (C=O) groups excluding carboxylic acids is 2. The molecule has 0 radical (unpaired) electrons. The highest BCUT2D eigenvalue weighted by molar-refractivity contribution is 7.98. The Labute approximate surface area is 279 Å². The maximum Gasteiger partial charge on any atom is 0.182 e. The van der Waals surface area contributed by atoms with E-state index in [1.54, 1.807) is 11.8 Å². The van der Waals surface area contributed by atoms with Crippen molar-refractivity contribution in [1.29, 1.82) is 0 Å². The number of hydrogen-bond acceptors (Lipinski definition) is 8. The van der Waals surface area contributed by atoms with Gasteiger partial charge >= 0.3 is 0 Å². The first-order valence-electron chi connectivity index (χ1n) is 16.4. The van der Waals surface area contributed by atoms with E-state index >= 15 is 0 Å². The predicted octanol–water partition coefficient (Wildman–Crippen LogP) is 5.65. The number of morpholine rings is 2. The Kier molecular flexibility index (Phi) is 11.7. The van der Waals surface area contributed by atoms with Crippen molar-refractivity contribution in [3.8, 4) is 0 Å². The molecule has 0 spiro atoms. The highest BCUT2D eigenvalue weighted by atomic mass is 32.2. The Morgan fingerprint density at radius 2 is 1.35 bits per heavy atom. The second-order valence-electron chi connectivity index (χ2n) is 12.9. The first-order valence-corrected chi connectivity index (χ1v) is 17.7. The molecule has 8 heteroatoms. The molecule has 246 valence electrons. The summed E-state index contributed by atoms with van der Waals surface area (Å²) in [5.74, 6) is 0.218. The molecule has 5 rings (SSSR count). The van der Waals surface area contributed by atoms with Crippen molar-refractivity contribution in [3.63, 3.8) is 0 Å². The van der Waals surface area contributed by atoms with Crippen LogP contribution in [0.4, 0.5) is 5.69 Å². The minimum absolute atomic E-state index is 0.0621. The molecule has 46 heavy (non-hydrogen) atoms. The minimum atomic E-state index is -0.828. The number of ether oxygens (including phenoxy) is 2. The SMILES string of the molecule is CSc1ccc(C(=O)C(C)(CCC(=O)C(Cc2ccccc2)(Cc2ccc(N3CCOCC3)cc2)N(C)C)N2CCOCC2)cc1. The third kappa shape index (κ3) is 7.92. The fourth-order valence-corrected chi connectivity index (χ4v) is 7.27. The summed E-state index contributed by atoms with van der Waals surface area (Å²) in [5, 5.41) is 0. The number of benzene rings is 3. The molecule has 2 heterocycles. The van der Waals surface area contributed by atoms with Crippen LogP contribution < -0.4 is 4.90 Å². The van der Waals surface area contributed by atoms with Crippen LogP contribution in [0.3, 0.4) is 0 Å². The van der Waals surface area contributed by atoms with Crippen LogP contribution in [0.15, 0.2) is 83.8 Å². The Hall–Kier alpha value is -3.01. The molecule has 3 aromatic rings. The molecule has 7 nitrogen and oxygen atoms in total. The van der Waals surface area contributed by atoms with Crippen LogP contribution in [0.5, 0.6) is 0 Å². The van der Waals surface area contributed by atoms with Crippen molar-refractivity contribution >= 4 is 29.0 Å². The average Bonchev–Trinajstić information content (AvgIpc) is 3.11. The van der Waals surface area contributed by atoms with Gasteiger partial charge in [-0.15, -0.1) is 11.8 Å². The van der Waals surface area contributed by atoms with Crippen molar-refractivity contribution in [1.82, 2.24) is 9.80 Å². The molecular weight excluding hydrogens is 595 g/mol. The van der Waals surface area contributed by atoms with E-state index in [-0.39, 0.29) is 11.6 Å². The lowest BCUT2D eigenvalue weighted by molar-refractivity contribution is -0.130. The molecule has 2 aliphatic heterocycles. The lowest BCUT2D eigenvalue weighted by Crippen LogP contribution is -2.58. The number of likely N-dealkylation sites (N-methyl/N-ethyl adjacent to an activating group) is 1. The first kappa shape index (κ1) is 34.3. The predicted molar refractivity (Wildman–Crippen MR) is 187 cm³/mol. The fourth-order valence-electron chi connectivity index (χ4n) is 6.86. The highest BCUT2D eigenvalue weighted by Crippen LogP contribution is 2.33. The molecule has 0 saturated carbocycles. The molecule has 2 atom stereocenters. The maximum absolute atomic E-state index is 14.8. The average molecular weight is 644 g/mol. The third-order valence-corrected chi connectivity index (χ3v) is 10.7. The molecule has 0 N–H and O–H groups in total. The number of anilines is 1. The number of rotatable bonds is 14. The number of thioether (sulfide) groups is 1. The molecule has 0 bridgehead atoms. The number of nitrogens with zero attached hydrogens (tertiary/aromatic N) is 3. The zero-order valence-corrected chi connectivity index (χ0v) is 28.7. The van der Waals surface area contributed by atoms with Gasteiger partial charge in [0.15, 0.2) is 11.6 Å². The molecule has 0 amide bonds. The maximum atomic E-state index is 14.8. The van der Waals surface area contributed by atoms with Crippen LogP contribution in [0.2, 0.25) is 0 Å². The van der Waals surface area contributed by atoms with Gasteiger partial charge in [0, 0.05) is 48.7 Å². The Bertz CT molecular complexity index is 1420. The molecule has 2 saturated heterocycles. The zero-order valence-electron chi connectivity index (χ0n) is 27.9. The van der Waals surface area contributed by atoms with Gasteiger partial charge in [-0.05, 0) is 81.9 Å². The zero-order chi connectivity index (χ0) is 32.6. The van der Waals surface area contributed by atoms with E-state index in [2.05, 4.69) is 51.1 Å². The normalized spacial score (nSPS) is 18.6. The summed E-state index contributed by atoms with van der Waals surface area (Å²) in [5.41, 5.74) is 2.50. The molecule has 0 aliphatic carbocycles. The van der Waals surface area contributed by atoms with Gasteiger partial charge in [-0.25, -0.2) is 0 Å². The van der Waals surface area contributed by atoms with E-state index < -0.39 is 11.1 Å². The van der Waals surface area contributed by atoms with E-state index in [1.807, 2.05) is 69.7 Å². The van der Waals surface area contributed by atoms with Gasteiger partial charge in [0.05, 0.1) is 37.5 Å². The molecule has 0 aromatic heterocycles. The van der Waals surface area contributed by atoms with Gasteiger partial charge < -0.3 is 14.4 Å². The van der Waals surface area contributed by atoms with Gasteiger partial charge in [0.1, 0.15) is 0 Å². The van der Waals surface area contributed by atoms with Gasteiger partial charge in [-0.3, -0.25) is 19.4 Å². The monoisotopic (exact) mass is 643 g/mol. The molecule has 2 unspecified atom stereocenters. The summed E-state index contributed by atoms with van der Waals surface area (Å²) in [7, 11) is 4.03. The van der Waals surface area contributed by atoms with Gasteiger partial charge in [0.25, 0.3) is 0 Å². The number of Topliss-reactive ketones (excluding diaryl/α,β-unsaturated/α-hetero) is 2. The van der Waals surface area contributed by atoms with Crippen molar-refractivity contribution in [2.24, 2.45) is 0 Å². The first-order chi connectivity index (χ1) is 22.2. The lowest BCUT2D eigenvalue weighted by atomic mass is 9.76. The summed E-state index contributed by atoms with van der Waals surface area (Å²) in [6, 6.07) is 26.8. The summed E-state index contributed by atoms with van der Waals surface area (Å²) in [4.78, 5) is 36.9. The second-order valence-corrected chi connectivity index (χ2v) is 13.8. The summed E-state index contributed by atoms with van der Waals surface area (Å²) < 4.78 is 11.2.